The number of H-pyrrole nitrogens is 1. The van der Waals surface area contributed by atoms with E-state index in [1.165, 1.54) is 17.5 Å². The van der Waals surface area contributed by atoms with Crippen molar-refractivity contribution < 1.29 is 0 Å². The minimum Gasteiger partial charge on any atom is -0.337 e. The first kappa shape index (κ1) is 10.8. The molecule has 1 aromatic carbocycles. The van der Waals surface area contributed by atoms with Gasteiger partial charge in [-0.05, 0) is 35.7 Å². The largest absolute Gasteiger partial charge is 0.337 e. The Bertz CT molecular complexity index is 582. The predicted octanol–water partition coefficient (Wildman–Crippen LogP) is 3.84. The van der Waals surface area contributed by atoms with E-state index in [0.717, 1.165) is 11.3 Å². The lowest BCUT2D eigenvalue weighted by Crippen LogP contribution is -2.05. The van der Waals surface area contributed by atoms with E-state index in [0.29, 0.717) is 11.8 Å². The molecule has 3 rings (SSSR count). The highest BCUT2D eigenvalue weighted by Gasteiger charge is 2.27. The van der Waals surface area contributed by atoms with Crippen LogP contribution in [0.1, 0.15) is 36.3 Å². The molecule has 1 heterocycles. The molecule has 0 fully saturated rings. The van der Waals surface area contributed by atoms with Crippen LogP contribution in [0, 0.1) is 4.77 Å². The fourth-order valence-electron chi connectivity index (χ4n) is 2.92. The number of aromatic amines is 1. The van der Waals surface area contributed by atoms with Crippen LogP contribution in [-0.4, -0.2) is 9.55 Å². The summed E-state index contributed by atoms with van der Waals surface area (Å²) in [5.74, 6) is 1.27. The van der Waals surface area contributed by atoms with Gasteiger partial charge in [-0.2, -0.15) is 0 Å². The Kier molecular flexibility index (Phi) is 2.63. The van der Waals surface area contributed by atoms with Crippen molar-refractivity contribution in [2.24, 2.45) is 0 Å². The van der Waals surface area contributed by atoms with Gasteiger partial charge in [0.1, 0.15) is 0 Å². The van der Waals surface area contributed by atoms with Crippen LogP contribution in [0.3, 0.4) is 0 Å². The molecule has 1 aliphatic carbocycles. The fraction of sp³-hybridized carbons (Fsp3) is 0.357. The van der Waals surface area contributed by atoms with Crippen LogP contribution in [0.5, 0.6) is 0 Å². The van der Waals surface area contributed by atoms with E-state index in [4.69, 9.17) is 12.2 Å². The molecule has 0 spiro atoms. The van der Waals surface area contributed by atoms with E-state index in [1.807, 2.05) is 12.4 Å². The fourth-order valence-corrected chi connectivity index (χ4v) is 3.12. The average Bonchev–Trinajstić information content (AvgIpc) is 2.87. The number of nitrogens with zero attached hydrogens (tertiary/aromatic N) is 1. The van der Waals surface area contributed by atoms with Crippen LogP contribution >= 0.6 is 12.2 Å². The van der Waals surface area contributed by atoms with Gasteiger partial charge in [0.15, 0.2) is 4.77 Å². The molecule has 0 saturated carbocycles. The summed E-state index contributed by atoms with van der Waals surface area (Å²) in [4.78, 5) is 3.06. The normalized spacial score (nSPS) is 22.6. The first-order chi connectivity index (χ1) is 8.25. The minimum atomic E-state index is 0.601. The van der Waals surface area contributed by atoms with Gasteiger partial charge in [0.05, 0.1) is 0 Å². The van der Waals surface area contributed by atoms with Crippen molar-refractivity contribution >= 4 is 12.2 Å². The Hall–Kier alpha value is -1.35. The van der Waals surface area contributed by atoms with Crippen molar-refractivity contribution in [1.82, 2.24) is 9.55 Å². The van der Waals surface area contributed by atoms with Crippen LogP contribution in [0.4, 0.5) is 0 Å². The summed E-state index contributed by atoms with van der Waals surface area (Å²) in [5.41, 5.74) is 3.02. The zero-order valence-corrected chi connectivity index (χ0v) is 10.7. The molecule has 0 aliphatic heterocycles. The quantitative estimate of drug-likeness (QED) is 0.796. The van der Waals surface area contributed by atoms with E-state index in [2.05, 4.69) is 40.7 Å². The molecule has 2 unspecified atom stereocenters. The Labute approximate surface area is 106 Å². The standard InChI is InChI=1S/C14H16N2S/c1-10-8-11(9-16-7-6-15-14(16)17)13-5-3-2-4-12(10)13/h2-7,10-11H,8-9H2,1H3,(H,15,17). The number of imidazole rings is 1. The van der Waals surface area contributed by atoms with Gasteiger partial charge in [-0.3, -0.25) is 0 Å². The number of benzene rings is 1. The van der Waals surface area contributed by atoms with Gasteiger partial charge >= 0.3 is 0 Å². The number of aromatic nitrogens is 2. The number of rotatable bonds is 2. The summed E-state index contributed by atoms with van der Waals surface area (Å²) >= 11 is 5.26. The molecule has 17 heavy (non-hydrogen) atoms. The van der Waals surface area contributed by atoms with Crippen molar-refractivity contribution in [1.29, 1.82) is 0 Å². The highest BCUT2D eigenvalue weighted by Crippen LogP contribution is 2.41. The Morgan fingerprint density at radius 2 is 2.12 bits per heavy atom. The Morgan fingerprint density at radius 3 is 2.82 bits per heavy atom. The molecule has 2 nitrogen and oxygen atoms in total. The van der Waals surface area contributed by atoms with Crippen LogP contribution in [0.15, 0.2) is 36.7 Å². The summed E-state index contributed by atoms with van der Waals surface area (Å²) in [6, 6.07) is 8.80. The molecule has 1 N–H and O–H groups in total. The third-order valence-corrected chi connectivity index (χ3v) is 4.10. The van der Waals surface area contributed by atoms with Crippen LogP contribution in [0.2, 0.25) is 0 Å². The Morgan fingerprint density at radius 1 is 1.35 bits per heavy atom. The van der Waals surface area contributed by atoms with E-state index < -0.39 is 0 Å². The van der Waals surface area contributed by atoms with E-state index in [9.17, 15) is 0 Å². The smallest absolute Gasteiger partial charge is 0.177 e. The molecule has 0 bridgehead atoms. The van der Waals surface area contributed by atoms with Crippen molar-refractivity contribution in [3.05, 3.63) is 52.6 Å². The predicted molar refractivity (Wildman–Crippen MR) is 71.8 cm³/mol. The van der Waals surface area contributed by atoms with Crippen LogP contribution in [0.25, 0.3) is 0 Å². The lowest BCUT2D eigenvalue weighted by Gasteiger charge is -2.12. The van der Waals surface area contributed by atoms with Crippen molar-refractivity contribution in [2.45, 2.75) is 31.7 Å². The van der Waals surface area contributed by atoms with Gasteiger partial charge in [0, 0.05) is 24.9 Å². The molecule has 2 aromatic rings. The molecule has 3 heteroatoms. The molecule has 1 aromatic heterocycles. The van der Waals surface area contributed by atoms with Gasteiger partial charge in [0.25, 0.3) is 0 Å². The summed E-state index contributed by atoms with van der Waals surface area (Å²) in [5, 5.41) is 0. The maximum atomic E-state index is 5.26. The second kappa shape index (κ2) is 4.15. The van der Waals surface area contributed by atoms with Crippen molar-refractivity contribution in [2.75, 3.05) is 0 Å². The summed E-state index contributed by atoms with van der Waals surface area (Å²) in [6.07, 6.45) is 5.17. The first-order valence-corrected chi connectivity index (χ1v) is 6.49. The second-order valence-corrected chi connectivity index (χ2v) is 5.27. The highest BCUT2D eigenvalue weighted by atomic mass is 32.1. The lowest BCUT2D eigenvalue weighted by atomic mass is 10.0. The van der Waals surface area contributed by atoms with E-state index in [1.54, 1.807) is 0 Å². The van der Waals surface area contributed by atoms with Crippen LogP contribution < -0.4 is 0 Å². The zero-order chi connectivity index (χ0) is 11.8. The summed E-state index contributed by atoms with van der Waals surface area (Å²) in [6.45, 7) is 3.30. The topological polar surface area (TPSA) is 20.7 Å². The third kappa shape index (κ3) is 1.84. The van der Waals surface area contributed by atoms with Gasteiger partial charge in [-0.1, -0.05) is 31.2 Å². The molecule has 2 atom stereocenters. The summed E-state index contributed by atoms with van der Waals surface area (Å²) in [7, 11) is 0. The monoisotopic (exact) mass is 244 g/mol. The molecular weight excluding hydrogens is 228 g/mol. The first-order valence-electron chi connectivity index (χ1n) is 6.08. The van der Waals surface area contributed by atoms with Gasteiger partial charge in [-0.25, -0.2) is 0 Å². The Balaban J connectivity index is 1.92. The molecule has 0 radical (unpaired) electrons. The highest BCUT2D eigenvalue weighted by molar-refractivity contribution is 7.71. The number of hydrogen-bond donors (Lipinski definition) is 1. The van der Waals surface area contributed by atoms with E-state index >= 15 is 0 Å². The number of hydrogen-bond acceptors (Lipinski definition) is 1. The molecule has 88 valence electrons. The van der Waals surface area contributed by atoms with Gasteiger partial charge in [-0.15, -0.1) is 0 Å². The maximum Gasteiger partial charge on any atom is 0.177 e. The molecule has 0 amide bonds. The SMILES string of the molecule is CC1CC(Cn2cc[nH]c2=S)c2ccccc21. The average molecular weight is 244 g/mol. The minimum absolute atomic E-state index is 0.601. The van der Waals surface area contributed by atoms with Crippen molar-refractivity contribution in [3.63, 3.8) is 0 Å². The van der Waals surface area contributed by atoms with Gasteiger partial charge in [0.2, 0.25) is 0 Å². The third-order valence-electron chi connectivity index (χ3n) is 3.74. The lowest BCUT2D eigenvalue weighted by molar-refractivity contribution is 0.526. The molecule has 1 aliphatic rings. The van der Waals surface area contributed by atoms with Gasteiger partial charge < -0.3 is 9.55 Å². The number of fused-ring (bicyclic) bond motifs is 1. The molecular formula is C14H16N2S. The zero-order valence-electron chi connectivity index (χ0n) is 9.89. The van der Waals surface area contributed by atoms with Crippen molar-refractivity contribution in [3.8, 4) is 0 Å². The maximum absolute atomic E-state index is 5.26. The van der Waals surface area contributed by atoms with Crippen LogP contribution in [-0.2, 0) is 6.54 Å². The molecule has 0 saturated heterocycles. The number of nitrogens with one attached hydrogen (secondary N) is 1. The van der Waals surface area contributed by atoms with E-state index in [-0.39, 0.29) is 0 Å². The second-order valence-electron chi connectivity index (χ2n) is 4.88. The summed E-state index contributed by atoms with van der Waals surface area (Å²) < 4.78 is 2.96.